The van der Waals surface area contributed by atoms with Crippen molar-refractivity contribution in [3.05, 3.63) is 34.3 Å². The summed E-state index contributed by atoms with van der Waals surface area (Å²) in [6, 6.07) is 8.56. The first-order chi connectivity index (χ1) is 7.63. The summed E-state index contributed by atoms with van der Waals surface area (Å²) in [4.78, 5) is 0. The van der Waals surface area contributed by atoms with Crippen LogP contribution < -0.4 is 5.32 Å². The third kappa shape index (κ3) is 4.64. The molecule has 0 saturated heterocycles. The van der Waals surface area contributed by atoms with Crippen LogP contribution in [0.5, 0.6) is 0 Å². The van der Waals surface area contributed by atoms with E-state index in [4.69, 9.17) is 5.11 Å². The third-order valence-electron chi connectivity index (χ3n) is 2.73. The molecule has 90 valence electrons. The van der Waals surface area contributed by atoms with Gasteiger partial charge in [-0.15, -0.1) is 0 Å². The molecular formula is C13H20BrNO. The molecule has 0 aliphatic rings. The van der Waals surface area contributed by atoms with Crippen molar-refractivity contribution in [3.63, 3.8) is 0 Å². The molecule has 2 nitrogen and oxygen atoms in total. The van der Waals surface area contributed by atoms with E-state index in [0.717, 1.165) is 17.4 Å². The lowest BCUT2D eigenvalue weighted by Gasteiger charge is -2.19. The number of nitrogens with one attached hydrogen (secondary N) is 1. The van der Waals surface area contributed by atoms with Crippen molar-refractivity contribution in [2.24, 2.45) is 5.92 Å². The zero-order valence-corrected chi connectivity index (χ0v) is 11.5. The SMILES string of the molecule is CC(C)C(CO)NCCc1ccc(Br)cc1. The molecule has 0 aliphatic heterocycles. The van der Waals surface area contributed by atoms with Crippen LogP contribution in [-0.4, -0.2) is 24.3 Å². The summed E-state index contributed by atoms with van der Waals surface area (Å²) in [7, 11) is 0. The molecule has 1 atom stereocenters. The minimum Gasteiger partial charge on any atom is -0.395 e. The molecule has 0 spiro atoms. The van der Waals surface area contributed by atoms with E-state index in [-0.39, 0.29) is 12.6 Å². The standard InChI is InChI=1S/C13H20BrNO/c1-10(2)13(9-16)15-8-7-11-3-5-12(14)6-4-11/h3-6,10,13,15-16H,7-9H2,1-2H3. The van der Waals surface area contributed by atoms with Crippen LogP contribution in [0.2, 0.25) is 0 Å². The van der Waals surface area contributed by atoms with Crippen molar-refractivity contribution < 1.29 is 5.11 Å². The molecule has 0 fully saturated rings. The maximum atomic E-state index is 9.16. The fraction of sp³-hybridized carbons (Fsp3) is 0.538. The summed E-state index contributed by atoms with van der Waals surface area (Å²) in [5.74, 6) is 0.468. The van der Waals surface area contributed by atoms with Gasteiger partial charge in [0, 0.05) is 10.5 Å². The third-order valence-corrected chi connectivity index (χ3v) is 3.26. The molecule has 0 radical (unpaired) electrons. The highest BCUT2D eigenvalue weighted by Crippen LogP contribution is 2.10. The number of aliphatic hydroxyl groups is 1. The predicted molar refractivity (Wildman–Crippen MR) is 71.6 cm³/mol. The zero-order valence-electron chi connectivity index (χ0n) is 9.91. The number of aliphatic hydroxyl groups excluding tert-OH is 1. The number of benzene rings is 1. The number of hydrogen-bond donors (Lipinski definition) is 2. The lowest BCUT2D eigenvalue weighted by molar-refractivity contribution is 0.212. The molecule has 0 aliphatic carbocycles. The molecule has 1 rings (SSSR count). The lowest BCUT2D eigenvalue weighted by atomic mass is 10.1. The Bertz CT molecular complexity index is 297. The van der Waals surface area contributed by atoms with Gasteiger partial charge < -0.3 is 10.4 Å². The Balaban J connectivity index is 2.32. The van der Waals surface area contributed by atoms with Crippen molar-refractivity contribution in [1.29, 1.82) is 0 Å². The van der Waals surface area contributed by atoms with E-state index >= 15 is 0 Å². The van der Waals surface area contributed by atoms with Gasteiger partial charge in [-0.1, -0.05) is 41.9 Å². The van der Waals surface area contributed by atoms with Crippen LogP contribution in [0.25, 0.3) is 0 Å². The molecule has 0 aromatic heterocycles. The van der Waals surface area contributed by atoms with Crippen molar-refractivity contribution in [3.8, 4) is 0 Å². The molecule has 2 N–H and O–H groups in total. The number of rotatable bonds is 6. The van der Waals surface area contributed by atoms with Gasteiger partial charge in [0.05, 0.1) is 6.61 Å². The molecule has 0 bridgehead atoms. The average molecular weight is 286 g/mol. The van der Waals surface area contributed by atoms with Gasteiger partial charge in [0.25, 0.3) is 0 Å². The quantitative estimate of drug-likeness (QED) is 0.842. The van der Waals surface area contributed by atoms with Crippen LogP contribution in [0.4, 0.5) is 0 Å². The van der Waals surface area contributed by atoms with E-state index in [2.05, 4.69) is 59.4 Å². The number of hydrogen-bond acceptors (Lipinski definition) is 2. The first kappa shape index (κ1) is 13.7. The molecular weight excluding hydrogens is 266 g/mol. The Morgan fingerprint density at radius 3 is 2.38 bits per heavy atom. The van der Waals surface area contributed by atoms with E-state index in [1.54, 1.807) is 0 Å². The lowest BCUT2D eigenvalue weighted by Crippen LogP contribution is -2.38. The Hall–Kier alpha value is -0.380. The highest BCUT2D eigenvalue weighted by molar-refractivity contribution is 9.10. The highest BCUT2D eigenvalue weighted by atomic mass is 79.9. The van der Waals surface area contributed by atoms with Gasteiger partial charge in [-0.25, -0.2) is 0 Å². The van der Waals surface area contributed by atoms with Crippen LogP contribution in [0.1, 0.15) is 19.4 Å². The Labute approximate surface area is 106 Å². The van der Waals surface area contributed by atoms with Gasteiger partial charge in [-0.2, -0.15) is 0 Å². The summed E-state index contributed by atoms with van der Waals surface area (Å²) in [5, 5.41) is 12.5. The summed E-state index contributed by atoms with van der Waals surface area (Å²) < 4.78 is 1.11. The van der Waals surface area contributed by atoms with Crippen molar-refractivity contribution in [1.82, 2.24) is 5.32 Å². The van der Waals surface area contributed by atoms with Crippen molar-refractivity contribution in [2.75, 3.05) is 13.2 Å². The fourth-order valence-corrected chi connectivity index (χ4v) is 1.83. The molecule has 1 unspecified atom stereocenters. The smallest absolute Gasteiger partial charge is 0.0587 e. The molecule has 16 heavy (non-hydrogen) atoms. The van der Waals surface area contributed by atoms with Gasteiger partial charge in [0.2, 0.25) is 0 Å². The minimum absolute atomic E-state index is 0.204. The minimum atomic E-state index is 0.204. The average Bonchev–Trinajstić information content (AvgIpc) is 2.26. The van der Waals surface area contributed by atoms with Gasteiger partial charge in [-0.05, 0) is 36.6 Å². The van der Waals surface area contributed by atoms with Gasteiger partial charge in [0.15, 0.2) is 0 Å². The highest BCUT2D eigenvalue weighted by Gasteiger charge is 2.10. The first-order valence-electron chi connectivity index (χ1n) is 5.72. The summed E-state index contributed by atoms with van der Waals surface area (Å²) in [6.07, 6.45) is 0.997. The largest absolute Gasteiger partial charge is 0.395 e. The normalized spacial score (nSPS) is 13.1. The molecule has 0 saturated carbocycles. The van der Waals surface area contributed by atoms with Crippen LogP contribution in [0.15, 0.2) is 28.7 Å². The van der Waals surface area contributed by atoms with E-state index in [1.807, 2.05) is 0 Å². The molecule has 0 heterocycles. The van der Waals surface area contributed by atoms with E-state index < -0.39 is 0 Å². The van der Waals surface area contributed by atoms with Crippen LogP contribution in [0.3, 0.4) is 0 Å². The van der Waals surface area contributed by atoms with Gasteiger partial charge >= 0.3 is 0 Å². The molecule has 1 aromatic rings. The molecule has 0 amide bonds. The van der Waals surface area contributed by atoms with Crippen molar-refractivity contribution >= 4 is 15.9 Å². The Kier molecular flexibility index (Phi) is 6.03. The monoisotopic (exact) mass is 285 g/mol. The molecule has 3 heteroatoms. The Morgan fingerprint density at radius 1 is 1.25 bits per heavy atom. The van der Waals surface area contributed by atoms with E-state index in [9.17, 15) is 0 Å². The summed E-state index contributed by atoms with van der Waals surface area (Å²) in [6.45, 7) is 5.35. The maximum absolute atomic E-state index is 9.16. The van der Waals surface area contributed by atoms with Crippen LogP contribution in [0, 0.1) is 5.92 Å². The van der Waals surface area contributed by atoms with E-state index in [0.29, 0.717) is 5.92 Å². The van der Waals surface area contributed by atoms with Crippen LogP contribution in [-0.2, 0) is 6.42 Å². The van der Waals surface area contributed by atoms with Crippen LogP contribution >= 0.6 is 15.9 Å². The van der Waals surface area contributed by atoms with Gasteiger partial charge in [0.1, 0.15) is 0 Å². The fourth-order valence-electron chi connectivity index (χ4n) is 1.56. The number of halogens is 1. The first-order valence-corrected chi connectivity index (χ1v) is 6.51. The topological polar surface area (TPSA) is 32.3 Å². The summed E-state index contributed by atoms with van der Waals surface area (Å²) >= 11 is 3.42. The second-order valence-corrected chi connectivity index (χ2v) is 5.28. The Morgan fingerprint density at radius 2 is 1.88 bits per heavy atom. The summed E-state index contributed by atoms with van der Waals surface area (Å²) in [5.41, 5.74) is 1.32. The maximum Gasteiger partial charge on any atom is 0.0587 e. The predicted octanol–water partition coefficient (Wildman–Crippen LogP) is 2.60. The zero-order chi connectivity index (χ0) is 12.0. The van der Waals surface area contributed by atoms with Gasteiger partial charge in [-0.3, -0.25) is 0 Å². The van der Waals surface area contributed by atoms with Crippen molar-refractivity contribution in [2.45, 2.75) is 26.3 Å². The van der Waals surface area contributed by atoms with E-state index in [1.165, 1.54) is 5.56 Å². The molecule has 1 aromatic carbocycles. The second-order valence-electron chi connectivity index (χ2n) is 4.36. The second kappa shape index (κ2) is 7.05.